The maximum atomic E-state index is 12.8. The maximum Gasteiger partial charge on any atom is 0.271 e. The summed E-state index contributed by atoms with van der Waals surface area (Å²) >= 11 is 1.40. The Morgan fingerprint density at radius 2 is 2.00 bits per heavy atom. The number of nitrogens with zero attached hydrogens (tertiary/aromatic N) is 3. The number of benzene rings is 1. The van der Waals surface area contributed by atoms with E-state index >= 15 is 0 Å². The third-order valence-electron chi connectivity index (χ3n) is 5.55. The summed E-state index contributed by atoms with van der Waals surface area (Å²) in [7, 11) is 0. The van der Waals surface area contributed by atoms with Gasteiger partial charge in [0.15, 0.2) is 0 Å². The molecule has 2 bridgehead atoms. The fraction of sp³-hybridized carbons (Fsp3) is 0.368. The van der Waals surface area contributed by atoms with E-state index in [0.29, 0.717) is 11.6 Å². The van der Waals surface area contributed by atoms with Crippen molar-refractivity contribution in [3.8, 4) is 5.69 Å². The van der Waals surface area contributed by atoms with Gasteiger partial charge >= 0.3 is 0 Å². The number of aromatic nitrogens is 2. The second-order valence-corrected chi connectivity index (χ2v) is 7.82. The summed E-state index contributed by atoms with van der Waals surface area (Å²) in [6, 6.07) is 10.4. The number of amides is 1. The Hall–Kier alpha value is -2.18. The Morgan fingerprint density at radius 1 is 1.20 bits per heavy atom. The lowest BCUT2D eigenvalue weighted by Gasteiger charge is -2.44. The zero-order valence-electron chi connectivity index (χ0n) is 13.9. The smallest absolute Gasteiger partial charge is 0.271 e. The SMILES string of the molecule is O=C(NC1CN2CCC1CC2)c1nsc2cc(-n3cccc3)ccc12. The molecule has 1 atom stereocenters. The fourth-order valence-electron chi connectivity index (χ4n) is 4.12. The molecule has 3 aromatic rings. The number of rotatable bonds is 3. The van der Waals surface area contributed by atoms with Crippen LogP contribution < -0.4 is 5.32 Å². The first kappa shape index (κ1) is 15.1. The third-order valence-corrected chi connectivity index (χ3v) is 6.35. The molecule has 0 radical (unpaired) electrons. The second kappa shape index (κ2) is 5.97. The van der Waals surface area contributed by atoms with Crippen LogP contribution >= 0.6 is 11.5 Å². The first-order chi connectivity index (χ1) is 12.3. The van der Waals surface area contributed by atoms with Gasteiger partial charge in [0.1, 0.15) is 5.69 Å². The highest BCUT2D eigenvalue weighted by atomic mass is 32.1. The topological polar surface area (TPSA) is 50.2 Å². The first-order valence-electron chi connectivity index (χ1n) is 8.84. The number of hydrogen-bond donors (Lipinski definition) is 1. The molecule has 128 valence electrons. The van der Waals surface area contributed by atoms with E-state index in [2.05, 4.69) is 25.2 Å². The van der Waals surface area contributed by atoms with Gasteiger partial charge in [-0.05, 0) is 73.7 Å². The molecule has 3 aliphatic heterocycles. The molecule has 3 saturated heterocycles. The van der Waals surface area contributed by atoms with Crippen molar-refractivity contribution >= 4 is 27.5 Å². The highest BCUT2D eigenvalue weighted by Crippen LogP contribution is 2.29. The van der Waals surface area contributed by atoms with Crippen LogP contribution in [-0.4, -0.2) is 45.4 Å². The lowest BCUT2D eigenvalue weighted by molar-refractivity contribution is 0.0619. The molecular formula is C19H20N4OS. The summed E-state index contributed by atoms with van der Waals surface area (Å²) in [4.78, 5) is 15.2. The minimum absolute atomic E-state index is 0.0290. The van der Waals surface area contributed by atoms with Crippen molar-refractivity contribution in [2.24, 2.45) is 5.92 Å². The van der Waals surface area contributed by atoms with Crippen molar-refractivity contribution in [2.45, 2.75) is 18.9 Å². The molecule has 0 aliphatic carbocycles. The quantitative estimate of drug-likeness (QED) is 0.788. The van der Waals surface area contributed by atoms with Crippen molar-refractivity contribution < 1.29 is 4.79 Å². The summed E-state index contributed by atoms with van der Waals surface area (Å²) in [5, 5.41) is 4.19. The van der Waals surface area contributed by atoms with E-state index in [1.807, 2.05) is 36.7 Å². The average Bonchev–Trinajstić information content (AvgIpc) is 3.32. The summed E-state index contributed by atoms with van der Waals surface area (Å²) in [6.45, 7) is 3.34. The van der Waals surface area contributed by atoms with Crippen LogP contribution in [0.4, 0.5) is 0 Å². The second-order valence-electron chi connectivity index (χ2n) is 7.02. The van der Waals surface area contributed by atoms with E-state index in [-0.39, 0.29) is 11.9 Å². The molecule has 25 heavy (non-hydrogen) atoms. The van der Waals surface area contributed by atoms with Gasteiger partial charge in [0.05, 0.1) is 4.70 Å². The minimum Gasteiger partial charge on any atom is -0.346 e. The van der Waals surface area contributed by atoms with E-state index in [9.17, 15) is 4.79 Å². The molecule has 1 unspecified atom stereocenters. The zero-order valence-corrected chi connectivity index (χ0v) is 14.7. The van der Waals surface area contributed by atoms with Crippen molar-refractivity contribution in [3.63, 3.8) is 0 Å². The van der Waals surface area contributed by atoms with Gasteiger partial charge in [-0.25, -0.2) is 0 Å². The van der Waals surface area contributed by atoms with E-state index in [1.165, 1.54) is 37.5 Å². The van der Waals surface area contributed by atoms with Crippen LogP contribution in [0.1, 0.15) is 23.3 Å². The number of carbonyl (C=O) groups excluding carboxylic acids is 1. The largest absolute Gasteiger partial charge is 0.346 e. The molecule has 1 aromatic carbocycles. The molecule has 6 rings (SSSR count). The van der Waals surface area contributed by atoms with Gasteiger partial charge in [0.2, 0.25) is 0 Å². The van der Waals surface area contributed by atoms with Crippen molar-refractivity contribution in [1.29, 1.82) is 0 Å². The molecule has 0 saturated carbocycles. The van der Waals surface area contributed by atoms with Crippen LogP contribution in [0, 0.1) is 5.92 Å². The number of nitrogens with one attached hydrogen (secondary N) is 1. The van der Waals surface area contributed by atoms with E-state index in [1.54, 1.807) is 0 Å². The predicted octanol–water partition coefficient (Wildman–Crippen LogP) is 2.91. The monoisotopic (exact) mass is 352 g/mol. The number of carbonyl (C=O) groups is 1. The highest BCUT2D eigenvalue weighted by Gasteiger charge is 2.35. The van der Waals surface area contributed by atoms with Crippen molar-refractivity contribution in [1.82, 2.24) is 19.2 Å². The van der Waals surface area contributed by atoms with Crippen LogP contribution in [0.3, 0.4) is 0 Å². The Kier molecular flexibility index (Phi) is 3.60. The molecule has 0 spiro atoms. The van der Waals surface area contributed by atoms with Gasteiger partial charge < -0.3 is 14.8 Å². The fourth-order valence-corrected chi connectivity index (χ4v) is 4.93. The molecule has 5 nitrogen and oxygen atoms in total. The summed E-state index contributed by atoms with van der Waals surface area (Å²) in [5.41, 5.74) is 1.65. The van der Waals surface area contributed by atoms with Crippen LogP contribution in [-0.2, 0) is 0 Å². The van der Waals surface area contributed by atoms with Crippen molar-refractivity contribution in [3.05, 3.63) is 48.4 Å². The lowest BCUT2D eigenvalue weighted by Crippen LogP contribution is -2.57. The van der Waals surface area contributed by atoms with Gasteiger partial charge in [-0.1, -0.05) is 0 Å². The van der Waals surface area contributed by atoms with Crippen LogP contribution in [0.2, 0.25) is 0 Å². The number of fused-ring (bicyclic) bond motifs is 4. The van der Waals surface area contributed by atoms with Gasteiger partial charge in [-0.2, -0.15) is 4.37 Å². The van der Waals surface area contributed by atoms with Gasteiger partial charge in [-0.3, -0.25) is 4.79 Å². The van der Waals surface area contributed by atoms with Gasteiger partial charge in [0, 0.05) is 36.1 Å². The minimum atomic E-state index is -0.0290. The Morgan fingerprint density at radius 3 is 2.72 bits per heavy atom. The molecule has 1 N–H and O–H groups in total. The standard InChI is InChI=1S/C19H20N4OS/c24-19(20-16-12-22-9-5-13(16)6-10-22)18-15-4-3-14(11-17(15)25-21-18)23-7-1-2-8-23/h1-4,7-8,11,13,16H,5-6,9-10,12H2,(H,20,24). The summed E-state index contributed by atoms with van der Waals surface area (Å²) < 4.78 is 7.56. The summed E-state index contributed by atoms with van der Waals surface area (Å²) in [6.07, 6.45) is 6.43. The highest BCUT2D eigenvalue weighted by molar-refractivity contribution is 7.13. The normalized spacial score (nSPS) is 25.4. The first-order valence-corrected chi connectivity index (χ1v) is 9.61. The van der Waals surface area contributed by atoms with Gasteiger partial charge in [-0.15, -0.1) is 0 Å². The van der Waals surface area contributed by atoms with Crippen LogP contribution in [0.15, 0.2) is 42.7 Å². The molecule has 1 amide bonds. The maximum absolute atomic E-state index is 12.8. The van der Waals surface area contributed by atoms with E-state index in [0.717, 1.165) is 22.3 Å². The van der Waals surface area contributed by atoms with Crippen LogP contribution in [0.5, 0.6) is 0 Å². The van der Waals surface area contributed by atoms with Crippen LogP contribution in [0.25, 0.3) is 15.8 Å². The Labute approximate surface area is 150 Å². The van der Waals surface area contributed by atoms with E-state index < -0.39 is 0 Å². The third kappa shape index (κ3) is 2.65. The molecule has 5 heterocycles. The molecule has 6 heteroatoms. The molecular weight excluding hydrogens is 332 g/mol. The zero-order chi connectivity index (χ0) is 16.8. The number of hydrogen-bond acceptors (Lipinski definition) is 4. The summed E-state index contributed by atoms with van der Waals surface area (Å²) in [5.74, 6) is 0.595. The van der Waals surface area contributed by atoms with E-state index in [4.69, 9.17) is 0 Å². The molecule has 3 aliphatic rings. The lowest BCUT2D eigenvalue weighted by atomic mass is 9.84. The predicted molar refractivity (Wildman–Crippen MR) is 99.4 cm³/mol. The van der Waals surface area contributed by atoms with Crippen molar-refractivity contribution in [2.75, 3.05) is 19.6 Å². The Balaban J connectivity index is 1.40. The molecule has 3 fully saturated rings. The molecule has 2 aromatic heterocycles. The van der Waals surface area contributed by atoms with Gasteiger partial charge in [0.25, 0.3) is 5.91 Å². The average molecular weight is 352 g/mol. The Bertz CT molecular complexity index is 909. The number of piperidine rings is 3.